The van der Waals surface area contributed by atoms with Crippen LogP contribution in [0.4, 0.5) is 4.79 Å². The Morgan fingerprint density at radius 3 is 2.73 bits per heavy atom. The lowest BCUT2D eigenvalue weighted by atomic mass is 10.1. The van der Waals surface area contributed by atoms with Gasteiger partial charge in [-0.1, -0.05) is 17.7 Å². The summed E-state index contributed by atoms with van der Waals surface area (Å²) < 4.78 is 0.660. The zero-order chi connectivity index (χ0) is 11.4. The number of hydrogen-bond acceptors (Lipinski definition) is 2. The minimum Gasteiger partial charge on any atom is -0.465 e. The number of carboxylic acid groups (broad SMARTS) is 1. The van der Waals surface area contributed by atoms with E-state index in [0.29, 0.717) is 15.1 Å². The normalized spacial score (nSPS) is 12.2. The maximum atomic E-state index is 10.4. The highest BCUT2D eigenvalue weighted by molar-refractivity contribution is 9.10. The van der Waals surface area contributed by atoms with Gasteiger partial charge in [-0.2, -0.15) is 0 Å². The Balaban J connectivity index is 2.92. The van der Waals surface area contributed by atoms with E-state index in [-0.39, 0.29) is 6.61 Å². The third-order valence-electron chi connectivity index (χ3n) is 1.83. The third-order valence-corrected chi connectivity index (χ3v) is 3.04. The van der Waals surface area contributed by atoms with E-state index < -0.39 is 12.1 Å². The average molecular weight is 295 g/mol. The third kappa shape index (κ3) is 3.37. The fourth-order valence-electron chi connectivity index (χ4n) is 1.11. The van der Waals surface area contributed by atoms with Gasteiger partial charge in [0.1, 0.15) is 0 Å². The molecule has 0 spiro atoms. The first-order valence-electron chi connectivity index (χ1n) is 4.10. The van der Waals surface area contributed by atoms with Crippen molar-refractivity contribution in [2.45, 2.75) is 6.04 Å². The molecule has 1 atom stereocenters. The van der Waals surface area contributed by atoms with Crippen LogP contribution in [0.25, 0.3) is 0 Å². The van der Waals surface area contributed by atoms with E-state index in [9.17, 15) is 4.79 Å². The highest BCUT2D eigenvalue weighted by Gasteiger charge is 2.13. The van der Waals surface area contributed by atoms with Crippen molar-refractivity contribution in [3.8, 4) is 0 Å². The molecule has 0 aliphatic rings. The van der Waals surface area contributed by atoms with Gasteiger partial charge in [0.05, 0.1) is 17.7 Å². The second-order valence-corrected chi connectivity index (χ2v) is 4.12. The van der Waals surface area contributed by atoms with E-state index in [0.717, 1.165) is 0 Å². The summed E-state index contributed by atoms with van der Waals surface area (Å²) in [6, 6.07) is 4.31. The molecule has 1 rings (SSSR count). The van der Waals surface area contributed by atoms with Gasteiger partial charge >= 0.3 is 6.09 Å². The molecule has 0 heterocycles. The molecular formula is C9H9BrClNO3. The number of nitrogens with one attached hydrogen (secondary N) is 1. The molecule has 1 amide bonds. The largest absolute Gasteiger partial charge is 0.465 e. The van der Waals surface area contributed by atoms with Crippen LogP contribution in [-0.4, -0.2) is 22.9 Å². The first kappa shape index (κ1) is 12.3. The molecule has 1 aromatic carbocycles. The number of rotatable bonds is 3. The Hall–Kier alpha value is -0.780. The van der Waals surface area contributed by atoms with E-state index in [2.05, 4.69) is 21.2 Å². The fraction of sp³-hybridized carbons (Fsp3) is 0.222. The number of benzene rings is 1. The van der Waals surface area contributed by atoms with Gasteiger partial charge in [0, 0.05) is 4.47 Å². The minimum atomic E-state index is -1.18. The minimum absolute atomic E-state index is 0.305. The van der Waals surface area contributed by atoms with E-state index in [1.165, 1.54) is 0 Å². The molecule has 0 aliphatic carbocycles. The van der Waals surface area contributed by atoms with Gasteiger partial charge in [-0.05, 0) is 33.6 Å². The van der Waals surface area contributed by atoms with Gasteiger partial charge in [0.15, 0.2) is 0 Å². The summed E-state index contributed by atoms with van der Waals surface area (Å²) in [6.45, 7) is -0.305. The summed E-state index contributed by atoms with van der Waals surface area (Å²) in [5.74, 6) is 0. The Bertz CT molecular complexity index is 372. The molecule has 0 aliphatic heterocycles. The van der Waals surface area contributed by atoms with E-state index in [1.54, 1.807) is 18.2 Å². The number of aliphatic hydroxyl groups is 1. The lowest BCUT2D eigenvalue weighted by Gasteiger charge is -2.14. The molecular weight excluding hydrogens is 285 g/mol. The monoisotopic (exact) mass is 293 g/mol. The molecule has 82 valence electrons. The fourth-order valence-corrected chi connectivity index (χ4v) is 1.63. The zero-order valence-electron chi connectivity index (χ0n) is 7.58. The van der Waals surface area contributed by atoms with Crippen molar-refractivity contribution in [2.75, 3.05) is 6.61 Å². The first-order valence-corrected chi connectivity index (χ1v) is 5.27. The van der Waals surface area contributed by atoms with Crippen molar-refractivity contribution in [3.63, 3.8) is 0 Å². The Kier molecular flexibility index (Phi) is 4.38. The molecule has 0 fully saturated rings. The van der Waals surface area contributed by atoms with Gasteiger partial charge in [-0.15, -0.1) is 0 Å². The molecule has 0 saturated carbocycles. The molecule has 0 saturated heterocycles. The van der Waals surface area contributed by atoms with Crippen LogP contribution in [-0.2, 0) is 0 Å². The molecule has 1 unspecified atom stereocenters. The summed E-state index contributed by atoms with van der Waals surface area (Å²) in [5, 5.41) is 20.3. The summed E-state index contributed by atoms with van der Waals surface area (Å²) in [5.41, 5.74) is 0.649. The smallest absolute Gasteiger partial charge is 0.405 e. The van der Waals surface area contributed by atoms with Gasteiger partial charge in [0.25, 0.3) is 0 Å². The number of amides is 1. The van der Waals surface area contributed by atoms with Gasteiger partial charge in [-0.25, -0.2) is 4.79 Å². The van der Waals surface area contributed by atoms with E-state index in [4.69, 9.17) is 21.8 Å². The summed E-state index contributed by atoms with van der Waals surface area (Å²) >= 11 is 9.01. The van der Waals surface area contributed by atoms with Crippen LogP contribution in [0.5, 0.6) is 0 Å². The number of halogens is 2. The Morgan fingerprint density at radius 2 is 2.27 bits per heavy atom. The summed E-state index contributed by atoms with van der Waals surface area (Å²) in [6.07, 6.45) is -1.18. The lowest BCUT2D eigenvalue weighted by Crippen LogP contribution is -2.29. The number of hydrogen-bond donors (Lipinski definition) is 3. The number of aliphatic hydroxyl groups excluding tert-OH is 1. The van der Waals surface area contributed by atoms with Crippen molar-refractivity contribution in [1.29, 1.82) is 0 Å². The van der Waals surface area contributed by atoms with Crippen molar-refractivity contribution in [3.05, 3.63) is 33.3 Å². The van der Waals surface area contributed by atoms with Crippen molar-refractivity contribution in [2.24, 2.45) is 0 Å². The van der Waals surface area contributed by atoms with Crippen LogP contribution >= 0.6 is 27.5 Å². The van der Waals surface area contributed by atoms with E-state index in [1.807, 2.05) is 0 Å². The highest BCUT2D eigenvalue weighted by Crippen LogP contribution is 2.25. The summed E-state index contributed by atoms with van der Waals surface area (Å²) in [4.78, 5) is 10.4. The molecule has 0 radical (unpaired) electrons. The predicted octanol–water partition coefficient (Wildman–Crippen LogP) is 2.40. The summed E-state index contributed by atoms with van der Waals surface area (Å²) in [7, 11) is 0. The molecule has 3 N–H and O–H groups in total. The standard InChI is InChI=1S/C9H9BrClNO3/c10-6-3-5(1-2-7(6)11)8(4-13)12-9(14)15/h1-3,8,12-13H,4H2,(H,14,15). The topological polar surface area (TPSA) is 69.6 Å². The van der Waals surface area contributed by atoms with Crippen molar-refractivity contribution in [1.82, 2.24) is 5.32 Å². The van der Waals surface area contributed by atoms with E-state index >= 15 is 0 Å². The molecule has 0 bridgehead atoms. The van der Waals surface area contributed by atoms with Crippen LogP contribution in [0.1, 0.15) is 11.6 Å². The second-order valence-electron chi connectivity index (χ2n) is 2.86. The van der Waals surface area contributed by atoms with Gasteiger partial charge in [-0.3, -0.25) is 0 Å². The van der Waals surface area contributed by atoms with Gasteiger partial charge in [0.2, 0.25) is 0 Å². The molecule has 15 heavy (non-hydrogen) atoms. The molecule has 0 aromatic heterocycles. The first-order chi connectivity index (χ1) is 7.04. The SMILES string of the molecule is O=C(O)NC(CO)c1ccc(Cl)c(Br)c1. The van der Waals surface area contributed by atoms with Gasteiger partial charge < -0.3 is 15.5 Å². The van der Waals surface area contributed by atoms with Crippen LogP contribution in [0.2, 0.25) is 5.02 Å². The zero-order valence-corrected chi connectivity index (χ0v) is 9.92. The predicted molar refractivity (Wildman–Crippen MR) is 60.1 cm³/mol. The average Bonchev–Trinajstić information content (AvgIpc) is 2.18. The number of carbonyl (C=O) groups is 1. The molecule has 6 heteroatoms. The van der Waals surface area contributed by atoms with Crippen molar-refractivity contribution >= 4 is 33.6 Å². The quantitative estimate of drug-likeness (QED) is 0.802. The Labute approximate surface area is 100.0 Å². The van der Waals surface area contributed by atoms with Crippen molar-refractivity contribution < 1.29 is 15.0 Å². The highest BCUT2D eigenvalue weighted by atomic mass is 79.9. The molecule has 1 aromatic rings. The Morgan fingerprint density at radius 1 is 1.60 bits per heavy atom. The second kappa shape index (κ2) is 5.34. The molecule has 4 nitrogen and oxygen atoms in total. The maximum Gasteiger partial charge on any atom is 0.405 e. The van der Waals surface area contributed by atoms with Crippen LogP contribution in [0, 0.1) is 0 Å². The maximum absolute atomic E-state index is 10.4. The van der Waals surface area contributed by atoms with Crippen LogP contribution < -0.4 is 5.32 Å². The lowest BCUT2D eigenvalue weighted by molar-refractivity contribution is 0.177. The van der Waals surface area contributed by atoms with Crippen LogP contribution in [0.3, 0.4) is 0 Å². The van der Waals surface area contributed by atoms with Crippen LogP contribution in [0.15, 0.2) is 22.7 Å².